The molecule has 0 bridgehead atoms. The molecule has 0 spiro atoms. The maximum atomic E-state index is 14.6. The number of aliphatic imine (C=N–C) groups is 1. The number of nitrogens with one attached hydrogen (secondary N) is 3. The van der Waals surface area contributed by atoms with Crippen LogP contribution in [0.3, 0.4) is 0 Å². The van der Waals surface area contributed by atoms with Gasteiger partial charge in [0.2, 0.25) is 5.91 Å². The zero-order valence-electron chi connectivity index (χ0n) is 42.5. The molecule has 0 radical (unpaired) electrons. The standard InChI is InChI=1S/C56H73Cl4N5O4S/c1-10-13-14-15-16-17-18-19-20-21-22-27-48(66)61-39-29-30-41(58)45(35-39)62-52-51(54(68)65(64-52)49-42(59)33-38(57)34-43(49)60)70-47-26-24-23-25-44(47)63-53(67)50(36(4)5)69-46-31-28-37(55(6,7)11-2)32-40(46)56(8,9)12-3/h23-26,28-36,50-51H,10-22,27H2,1-9H3,(H,61,66)(H,62,64)(H,63,67). The molecule has 5 rings (SSSR count). The van der Waals surface area contributed by atoms with Gasteiger partial charge in [-0.25, -0.2) is 10.0 Å². The molecule has 2 atom stereocenters. The molecule has 0 aromatic heterocycles. The van der Waals surface area contributed by atoms with Gasteiger partial charge in [-0.3, -0.25) is 19.8 Å². The normalized spacial score (nSPS) is 15.1. The predicted octanol–water partition coefficient (Wildman–Crippen LogP) is 17.1. The van der Waals surface area contributed by atoms with Crippen LogP contribution in [0.4, 0.5) is 22.7 Å². The summed E-state index contributed by atoms with van der Waals surface area (Å²) in [7, 11) is 0. The van der Waals surface area contributed by atoms with Crippen molar-refractivity contribution in [3.63, 3.8) is 0 Å². The first kappa shape index (κ1) is 57.0. The number of nitrogens with zero attached hydrogens (tertiary/aromatic N) is 2. The monoisotopic (exact) mass is 1050 g/mol. The van der Waals surface area contributed by atoms with Gasteiger partial charge in [-0.15, -0.1) is 11.8 Å². The Morgan fingerprint density at radius 1 is 0.757 bits per heavy atom. The number of halogens is 4. The molecule has 4 aromatic carbocycles. The van der Waals surface area contributed by atoms with Crippen LogP contribution in [0.2, 0.25) is 20.1 Å². The summed E-state index contributed by atoms with van der Waals surface area (Å²) in [6.45, 7) is 19.4. The van der Waals surface area contributed by atoms with E-state index in [9.17, 15) is 14.4 Å². The Labute approximate surface area is 441 Å². The Morgan fingerprint density at radius 3 is 1.99 bits per heavy atom. The SMILES string of the molecule is CCCCCCCCCCCCCC(=O)Nc1ccc(Cl)c(N=C2NN(c3c(Cl)cc(Cl)cc3Cl)C(=O)C2Sc2ccccc2NC(=O)C(Oc2ccc(C(C)(C)CC)cc2C(C)(C)CC)C(C)C)c1. The third-order valence-corrected chi connectivity index (χ3v) is 15.8. The van der Waals surface area contributed by atoms with Gasteiger partial charge in [0.1, 0.15) is 22.5 Å². The average Bonchev–Trinajstić information content (AvgIpc) is 3.60. The van der Waals surface area contributed by atoms with Crippen molar-refractivity contribution in [2.45, 2.75) is 179 Å². The topological polar surface area (TPSA) is 112 Å². The van der Waals surface area contributed by atoms with Gasteiger partial charge < -0.3 is 15.4 Å². The summed E-state index contributed by atoms with van der Waals surface area (Å²) in [5, 5.41) is 7.27. The number of para-hydroxylation sites is 1. The van der Waals surface area contributed by atoms with Crippen LogP contribution in [0.5, 0.6) is 5.75 Å². The molecule has 3 N–H and O–H groups in total. The average molecular weight is 1050 g/mol. The summed E-state index contributed by atoms with van der Waals surface area (Å²) in [6, 6.07) is 21.7. The number of ether oxygens (including phenoxy) is 1. The van der Waals surface area contributed by atoms with E-state index in [4.69, 9.17) is 56.1 Å². The number of unbranched alkanes of at least 4 members (excludes halogenated alkanes) is 10. The minimum absolute atomic E-state index is 0.0298. The third kappa shape index (κ3) is 15.5. The van der Waals surface area contributed by atoms with Crippen LogP contribution >= 0.6 is 58.2 Å². The number of amidine groups is 1. The van der Waals surface area contributed by atoms with Gasteiger partial charge in [0.25, 0.3) is 11.8 Å². The minimum atomic E-state index is -1.00. The molecule has 1 aliphatic rings. The van der Waals surface area contributed by atoms with Crippen LogP contribution < -0.4 is 25.8 Å². The smallest absolute Gasteiger partial charge is 0.267 e. The maximum Gasteiger partial charge on any atom is 0.267 e. The lowest BCUT2D eigenvalue weighted by atomic mass is 9.76. The van der Waals surface area contributed by atoms with E-state index in [2.05, 4.69) is 76.7 Å². The van der Waals surface area contributed by atoms with E-state index in [1.54, 1.807) is 24.3 Å². The van der Waals surface area contributed by atoms with Gasteiger partial charge in [0, 0.05) is 27.6 Å². The molecule has 9 nitrogen and oxygen atoms in total. The zero-order valence-corrected chi connectivity index (χ0v) is 46.3. The first-order valence-electron chi connectivity index (χ1n) is 25.1. The fourth-order valence-corrected chi connectivity index (χ4v) is 10.4. The number of hydrogen-bond donors (Lipinski definition) is 3. The van der Waals surface area contributed by atoms with Crippen molar-refractivity contribution < 1.29 is 19.1 Å². The fourth-order valence-electron chi connectivity index (χ4n) is 8.16. The van der Waals surface area contributed by atoms with Crippen molar-refractivity contribution in [2.24, 2.45) is 10.9 Å². The highest BCUT2D eigenvalue weighted by molar-refractivity contribution is 8.01. The number of carbonyl (C=O) groups is 3. The van der Waals surface area contributed by atoms with E-state index in [0.717, 1.165) is 37.7 Å². The van der Waals surface area contributed by atoms with Crippen molar-refractivity contribution in [3.05, 3.63) is 104 Å². The number of hydrazine groups is 1. The van der Waals surface area contributed by atoms with Gasteiger partial charge >= 0.3 is 0 Å². The van der Waals surface area contributed by atoms with E-state index in [0.29, 0.717) is 44.2 Å². The van der Waals surface area contributed by atoms with Crippen molar-refractivity contribution in [1.29, 1.82) is 0 Å². The van der Waals surface area contributed by atoms with Gasteiger partial charge in [-0.05, 0) is 90.1 Å². The van der Waals surface area contributed by atoms with Gasteiger partial charge in [0.05, 0.1) is 26.4 Å². The molecular formula is C56H73Cl4N5O4S. The summed E-state index contributed by atoms with van der Waals surface area (Å²) < 4.78 is 6.71. The van der Waals surface area contributed by atoms with E-state index in [-0.39, 0.29) is 50.1 Å². The number of carbonyl (C=O) groups excluding carboxylic acids is 3. The number of anilines is 3. The Morgan fingerprint density at radius 2 is 1.37 bits per heavy atom. The second-order valence-electron chi connectivity index (χ2n) is 20.0. The van der Waals surface area contributed by atoms with Crippen molar-refractivity contribution >= 4 is 104 Å². The summed E-state index contributed by atoms with van der Waals surface area (Å²) in [6.07, 6.45) is 14.6. The number of benzene rings is 4. The quantitative estimate of drug-likeness (QED) is 0.0540. The van der Waals surface area contributed by atoms with Crippen LogP contribution in [0.1, 0.15) is 163 Å². The largest absolute Gasteiger partial charge is 0.480 e. The number of hydrogen-bond acceptors (Lipinski definition) is 6. The summed E-state index contributed by atoms with van der Waals surface area (Å²) in [5.41, 5.74) is 6.69. The van der Waals surface area contributed by atoms with E-state index >= 15 is 0 Å². The molecule has 2 unspecified atom stereocenters. The predicted molar refractivity (Wildman–Crippen MR) is 297 cm³/mol. The molecule has 1 heterocycles. The Bertz CT molecular complexity index is 2440. The molecule has 1 saturated heterocycles. The van der Waals surface area contributed by atoms with Crippen LogP contribution in [-0.4, -0.2) is 34.9 Å². The lowest BCUT2D eigenvalue weighted by molar-refractivity contribution is -0.124. The van der Waals surface area contributed by atoms with Crippen LogP contribution in [0.15, 0.2) is 82.7 Å². The van der Waals surface area contributed by atoms with E-state index in [1.807, 2.05) is 38.1 Å². The number of rotatable bonds is 26. The van der Waals surface area contributed by atoms with E-state index in [1.165, 1.54) is 85.8 Å². The van der Waals surface area contributed by atoms with Crippen molar-refractivity contribution in [3.8, 4) is 5.75 Å². The molecule has 3 amide bonds. The first-order valence-corrected chi connectivity index (χ1v) is 27.5. The highest BCUT2D eigenvalue weighted by Gasteiger charge is 2.42. The highest BCUT2D eigenvalue weighted by atomic mass is 35.5. The highest BCUT2D eigenvalue weighted by Crippen LogP contribution is 2.43. The molecule has 70 heavy (non-hydrogen) atoms. The zero-order chi connectivity index (χ0) is 51.2. The Kier molecular flexibility index (Phi) is 21.7. The maximum absolute atomic E-state index is 14.6. The molecule has 14 heteroatoms. The van der Waals surface area contributed by atoms with Gasteiger partial charge in [0.15, 0.2) is 6.10 Å². The summed E-state index contributed by atoms with van der Waals surface area (Å²) >= 11 is 27.6. The molecule has 0 aliphatic carbocycles. The molecular weight excluding hydrogens is 981 g/mol. The lowest BCUT2D eigenvalue weighted by Crippen LogP contribution is -2.38. The molecule has 1 aliphatic heterocycles. The fraction of sp³-hybridized carbons (Fsp3) is 0.500. The van der Waals surface area contributed by atoms with Crippen molar-refractivity contribution in [1.82, 2.24) is 5.43 Å². The molecule has 380 valence electrons. The number of thioether (sulfide) groups is 1. The minimum Gasteiger partial charge on any atom is -0.480 e. The molecule has 4 aromatic rings. The second-order valence-corrected chi connectivity index (χ2v) is 22.8. The van der Waals surface area contributed by atoms with Crippen LogP contribution in [0, 0.1) is 5.92 Å². The molecule has 1 fully saturated rings. The Balaban J connectivity index is 1.38. The first-order chi connectivity index (χ1) is 33.3. The summed E-state index contributed by atoms with van der Waals surface area (Å²) in [4.78, 5) is 47.6. The second kappa shape index (κ2) is 26.7. The summed E-state index contributed by atoms with van der Waals surface area (Å²) in [5.74, 6) is -0.168. The van der Waals surface area contributed by atoms with E-state index < -0.39 is 17.3 Å². The Hall–Kier alpha value is -3.93. The third-order valence-electron chi connectivity index (χ3n) is 13.4. The number of amides is 3. The molecule has 0 saturated carbocycles. The van der Waals surface area contributed by atoms with Gasteiger partial charge in [-0.1, -0.05) is 197 Å². The lowest BCUT2D eigenvalue weighted by Gasteiger charge is -2.32. The van der Waals surface area contributed by atoms with Crippen LogP contribution in [0.25, 0.3) is 0 Å². The van der Waals surface area contributed by atoms with Gasteiger partial charge in [-0.2, -0.15) is 0 Å². The van der Waals surface area contributed by atoms with Crippen LogP contribution in [-0.2, 0) is 25.2 Å². The van der Waals surface area contributed by atoms with Crippen molar-refractivity contribution in [2.75, 3.05) is 15.6 Å².